The topological polar surface area (TPSA) is 90.5 Å². The van der Waals surface area contributed by atoms with E-state index in [4.69, 9.17) is 4.98 Å². The third-order valence-corrected chi connectivity index (χ3v) is 5.53. The third kappa shape index (κ3) is 4.16. The summed E-state index contributed by atoms with van der Waals surface area (Å²) in [5.41, 5.74) is 2.23. The van der Waals surface area contributed by atoms with Crippen LogP contribution in [0.15, 0.2) is 30.5 Å². The second kappa shape index (κ2) is 8.06. The smallest absolute Gasteiger partial charge is 0.229 e. The molecule has 0 spiro atoms. The Kier molecular flexibility index (Phi) is 5.33. The van der Waals surface area contributed by atoms with Crippen molar-refractivity contribution in [1.82, 2.24) is 9.97 Å². The third-order valence-electron chi connectivity index (χ3n) is 5.53. The van der Waals surface area contributed by atoms with Gasteiger partial charge in [0.05, 0.1) is 6.20 Å². The summed E-state index contributed by atoms with van der Waals surface area (Å²) in [6.45, 7) is 2.15. The molecule has 1 saturated carbocycles. The summed E-state index contributed by atoms with van der Waals surface area (Å²) >= 11 is 0. The number of hydrogen-bond acceptors (Lipinski definition) is 6. The molecule has 2 N–H and O–H groups in total. The average Bonchev–Trinajstić information content (AvgIpc) is 3.18. The quantitative estimate of drug-likeness (QED) is 0.827. The van der Waals surface area contributed by atoms with E-state index in [0.717, 1.165) is 30.0 Å². The number of amides is 2. The van der Waals surface area contributed by atoms with Crippen molar-refractivity contribution >= 4 is 40.6 Å². The first-order valence-corrected chi connectivity index (χ1v) is 10.1. The van der Waals surface area contributed by atoms with E-state index >= 15 is 0 Å². The second-order valence-electron chi connectivity index (χ2n) is 7.62. The summed E-state index contributed by atoms with van der Waals surface area (Å²) < 4.78 is 0. The van der Waals surface area contributed by atoms with Crippen molar-refractivity contribution in [1.29, 1.82) is 0 Å². The lowest BCUT2D eigenvalue weighted by molar-refractivity contribution is -0.118. The fraction of sp³-hybridized carbons (Fsp3) is 0.429. The standard InChI is InChI=1S/C21H26N6O2/c1-14(28)23-15-6-5-7-16(12-15)24-21-22-13-18-20(25-21)27(17-8-3-4-9-17)11-10-19(29)26(18)2/h5-7,12-13,17H,3-4,8-11H2,1-2H3,(H,23,28)(H,22,24,25). The number of aromatic nitrogens is 2. The predicted molar refractivity (Wildman–Crippen MR) is 114 cm³/mol. The van der Waals surface area contributed by atoms with Gasteiger partial charge in [0.15, 0.2) is 5.82 Å². The van der Waals surface area contributed by atoms with E-state index in [-0.39, 0.29) is 11.8 Å². The first kappa shape index (κ1) is 19.2. The van der Waals surface area contributed by atoms with Gasteiger partial charge in [-0.1, -0.05) is 18.9 Å². The fourth-order valence-corrected chi connectivity index (χ4v) is 4.08. The molecule has 4 rings (SSSR count). The van der Waals surface area contributed by atoms with Crippen LogP contribution in [0.5, 0.6) is 0 Å². The predicted octanol–water partition coefficient (Wildman–Crippen LogP) is 3.29. The van der Waals surface area contributed by atoms with Gasteiger partial charge in [0.2, 0.25) is 17.8 Å². The summed E-state index contributed by atoms with van der Waals surface area (Å²) in [5.74, 6) is 1.23. The van der Waals surface area contributed by atoms with E-state index < -0.39 is 0 Å². The zero-order valence-electron chi connectivity index (χ0n) is 16.8. The number of carbonyl (C=O) groups excluding carboxylic acids is 2. The summed E-state index contributed by atoms with van der Waals surface area (Å²) in [5, 5.41) is 5.99. The van der Waals surface area contributed by atoms with Gasteiger partial charge in [-0.05, 0) is 31.0 Å². The van der Waals surface area contributed by atoms with Gasteiger partial charge < -0.3 is 20.4 Å². The van der Waals surface area contributed by atoms with Gasteiger partial charge >= 0.3 is 0 Å². The van der Waals surface area contributed by atoms with E-state index in [1.54, 1.807) is 18.1 Å². The molecular formula is C21H26N6O2. The first-order valence-electron chi connectivity index (χ1n) is 10.1. The van der Waals surface area contributed by atoms with Crippen LogP contribution in [0.3, 0.4) is 0 Å². The molecule has 0 unspecified atom stereocenters. The normalized spacial score (nSPS) is 17.1. The maximum Gasteiger partial charge on any atom is 0.229 e. The Hall–Kier alpha value is -3.16. The number of hydrogen-bond donors (Lipinski definition) is 2. The Morgan fingerprint density at radius 1 is 1.21 bits per heavy atom. The van der Waals surface area contributed by atoms with Crippen molar-refractivity contribution in [3.8, 4) is 0 Å². The van der Waals surface area contributed by atoms with Crippen LogP contribution in [-0.4, -0.2) is 41.4 Å². The molecule has 1 aromatic heterocycles. The van der Waals surface area contributed by atoms with Gasteiger partial charge in [-0.3, -0.25) is 9.59 Å². The molecule has 1 fully saturated rings. The van der Waals surface area contributed by atoms with Gasteiger partial charge in [-0.25, -0.2) is 4.98 Å². The number of nitrogens with one attached hydrogen (secondary N) is 2. The summed E-state index contributed by atoms with van der Waals surface area (Å²) in [6.07, 6.45) is 6.88. The minimum Gasteiger partial charge on any atom is -0.351 e. The van der Waals surface area contributed by atoms with Crippen LogP contribution in [0.1, 0.15) is 39.0 Å². The summed E-state index contributed by atoms with van der Waals surface area (Å²) in [6, 6.07) is 7.83. The highest BCUT2D eigenvalue weighted by atomic mass is 16.2. The molecule has 0 bridgehead atoms. The Morgan fingerprint density at radius 3 is 2.72 bits per heavy atom. The van der Waals surface area contributed by atoms with Gasteiger partial charge in [0, 0.05) is 44.4 Å². The number of rotatable bonds is 4. The molecule has 29 heavy (non-hydrogen) atoms. The van der Waals surface area contributed by atoms with Crippen LogP contribution >= 0.6 is 0 Å². The van der Waals surface area contributed by atoms with E-state index in [0.29, 0.717) is 30.6 Å². The number of nitrogens with zero attached hydrogens (tertiary/aromatic N) is 4. The van der Waals surface area contributed by atoms with Crippen molar-refractivity contribution in [2.75, 3.05) is 34.0 Å². The molecular weight excluding hydrogens is 368 g/mol. The van der Waals surface area contributed by atoms with Crippen LogP contribution < -0.4 is 20.4 Å². The highest BCUT2D eigenvalue weighted by molar-refractivity contribution is 5.97. The van der Waals surface area contributed by atoms with Crippen LogP contribution in [0, 0.1) is 0 Å². The minimum absolute atomic E-state index is 0.0825. The van der Waals surface area contributed by atoms with E-state index in [2.05, 4.69) is 20.5 Å². The second-order valence-corrected chi connectivity index (χ2v) is 7.62. The molecule has 8 nitrogen and oxygen atoms in total. The highest BCUT2D eigenvalue weighted by Crippen LogP contribution is 2.36. The number of fused-ring (bicyclic) bond motifs is 1. The number of anilines is 5. The van der Waals surface area contributed by atoms with Crippen LogP contribution in [-0.2, 0) is 9.59 Å². The molecule has 2 amide bonds. The van der Waals surface area contributed by atoms with Crippen molar-refractivity contribution in [2.45, 2.75) is 45.1 Å². The zero-order valence-corrected chi connectivity index (χ0v) is 16.8. The Morgan fingerprint density at radius 2 is 1.97 bits per heavy atom. The largest absolute Gasteiger partial charge is 0.351 e. The zero-order chi connectivity index (χ0) is 20.4. The van der Waals surface area contributed by atoms with E-state index in [9.17, 15) is 9.59 Å². The van der Waals surface area contributed by atoms with Gasteiger partial charge in [-0.15, -0.1) is 0 Å². The van der Waals surface area contributed by atoms with E-state index in [1.807, 2.05) is 24.3 Å². The summed E-state index contributed by atoms with van der Waals surface area (Å²) in [7, 11) is 1.78. The minimum atomic E-state index is -0.122. The maximum absolute atomic E-state index is 12.4. The van der Waals surface area contributed by atoms with Gasteiger partial charge in [0.25, 0.3) is 0 Å². The fourth-order valence-electron chi connectivity index (χ4n) is 4.08. The lowest BCUT2D eigenvalue weighted by Crippen LogP contribution is -2.34. The first-order chi connectivity index (χ1) is 14.0. The molecule has 0 radical (unpaired) electrons. The molecule has 2 heterocycles. The molecule has 1 aliphatic heterocycles. The van der Waals surface area contributed by atoms with Gasteiger partial charge in [0.1, 0.15) is 5.69 Å². The highest BCUT2D eigenvalue weighted by Gasteiger charge is 2.31. The lowest BCUT2D eigenvalue weighted by atomic mass is 10.2. The number of carbonyl (C=O) groups is 2. The lowest BCUT2D eigenvalue weighted by Gasteiger charge is -2.30. The maximum atomic E-state index is 12.4. The molecule has 1 aliphatic carbocycles. The molecule has 2 aliphatic rings. The Balaban J connectivity index is 1.65. The molecule has 0 saturated heterocycles. The Bertz CT molecular complexity index is 925. The SMILES string of the molecule is CC(=O)Nc1cccc(Nc2ncc3c(n2)N(C2CCCC2)CCC(=O)N3C)c1. The van der Waals surface area contributed by atoms with Crippen LogP contribution in [0.4, 0.5) is 28.8 Å². The Labute approximate surface area is 170 Å². The molecule has 2 aromatic rings. The van der Waals surface area contributed by atoms with Gasteiger partial charge in [-0.2, -0.15) is 4.98 Å². The summed E-state index contributed by atoms with van der Waals surface area (Å²) in [4.78, 5) is 36.9. The average molecular weight is 394 g/mol. The molecule has 8 heteroatoms. The monoisotopic (exact) mass is 394 g/mol. The van der Waals surface area contributed by atoms with Crippen molar-refractivity contribution < 1.29 is 9.59 Å². The van der Waals surface area contributed by atoms with Crippen LogP contribution in [0.25, 0.3) is 0 Å². The van der Waals surface area contributed by atoms with Crippen LogP contribution in [0.2, 0.25) is 0 Å². The van der Waals surface area contributed by atoms with Crippen molar-refractivity contribution in [2.24, 2.45) is 0 Å². The molecule has 1 aromatic carbocycles. The van der Waals surface area contributed by atoms with E-state index in [1.165, 1.54) is 19.8 Å². The van der Waals surface area contributed by atoms with Crippen molar-refractivity contribution in [3.05, 3.63) is 30.5 Å². The molecule has 0 atom stereocenters. The number of benzene rings is 1. The molecule has 152 valence electrons. The van der Waals surface area contributed by atoms with Crippen molar-refractivity contribution in [3.63, 3.8) is 0 Å².